The zero-order chi connectivity index (χ0) is 25.9. The smallest absolute Gasteiger partial charge is 0.405 e. The van der Waals surface area contributed by atoms with Crippen LogP contribution in [-0.4, -0.2) is 62.5 Å². The second kappa shape index (κ2) is 10.2. The minimum absolute atomic E-state index is 0.0197. The van der Waals surface area contributed by atoms with E-state index in [1.54, 1.807) is 0 Å². The third kappa shape index (κ3) is 7.89. The molecule has 0 bridgehead atoms. The minimum Gasteiger partial charge on any atom is -0.405 e. The topological polar surface area (TPSA) is 136 Å². The number of nitrogens with two attached hydrogens (primary N) is 1. The quantitative estimate of drug-likeness (QED) is 0.549. The first kappa shape index (κ1) is 27.4. The maximum atomic E-state index is 12.9. The zero-order valence-electron chi connectivity index (χ0n) is 19.1. The van der Waals surface area contributed by atoms with Crippen LogP contribution >= 0.6 is 0 Å². The lowest BCUT2D eigenvalue weighted by Crippen LogP contribution is -2.50. The fourth-order valence-electron chi connectivity index (χ4n) is 3.92. The highest BCUT2D eigenvalue weighted by Gasteiger charge is 2.38. The second-order valence-corrected chi connectivity index (χ2v) is 11.1. The molecule has 0 saturated carbocycles. The largest absolute Gasteiger partial charge is 0.573 e. The summed E-state index contributed by atoms with van der Waals surface area (Å²) in [5, 5.41) is 2.54. The summed E-state index contributed by atoms with van der Waals surface area (Å²) < 4.78 is 65.6. The highest BCUT2D eigenvalue weighted by atomic mass is 32.2. The summed E-state index contributed by atoms with van der Waals surface area (Å²) in [6.07, 6.45) is -3.01. The Balaban J connectivity index is 2.09. The number of nitrogens with one attached hydrogen (secondary N) is 1. The number of ether oxygens (including phenoxy) is 1. The summed E-state index contributed by atoms with van der Waals surface area (Å²) in [6.45, 7) is 3.17. The van der Waals surface area contributed by atoms with Crippen LogP contribution < -0.4 is 15.8 Å². The first-order chi connectivity index (χ1) is 15.5. The highest BCUT2D eigenvalue weighted by molar-refractivity contribution is 7.90. The molecule has 3 amide bonds. The van der Waals surface area contributed by atoms with E-state index in [1.807, 2.05) is 0 Å². The normalized spacial score (nSPS) is 17.2. The monoisotopic (exact) mass is 507 g/mol. The van der Waals surface area contributed by atoms with E-state index in [1.165, 1.54) is 30.9 Å². The van der Waals surface area contributed by atoms with Crippen molar-refractivity contribution in [2.24, 2.45) is 17.1 Å². The predicted octanol–water partition coefficient (Wildman–Crippen LogP) is 1.61. The van der Waals surface area contributed by atoms with E-state index in [9.17, 15) is 36.0 Å². The lowest BCUT2D eigenvalue weighted by molar-refractivity contribution is -0.274. The Labute approximate surface area is 195 Å². The fraction of sp³-hybridized carbons (Fsp3) is 0.571. The first-order valence-corrected chi connectivity index (χ1v) is 12.5. The van der Waals surface area contributed by atoms with E-state index < -0.39 is 51.0 Å². The van der Waals surface area contributed by atoms with Gasteiger partial charge in [-0.3, -0.25) is 14.4 Å². The van der Waals surface area contributed by atoms with Crippen LogP contribution in [0.1, 0.15) is 42.6 Å². The van der Waals surface area contributed by atoms with Crippen molar-refractivity contribution in [1.29, 1.82) is 0 Å². The molecule has 9 nitrogen and oxygen atoms in total. The molecule has 1 fully saturated rings. The van der Waals surface area contributed by atoms with E-state index in [4.69, 9.17) is 5.73 Å². The first-order valence-electron chi connectivity index (χ1n) is 10.4. The van der Waals surface area contributed by atoms with Gasteiger partial charge in [0.2, 0.25) is 17.7 Å². The van der Waals surface area contributed by atoms with Crippen LogP contribution in [0.4, 0.5) is 13.2 Å². The molecule has 0 radical (unpaired) electrons. The Bertz CT molecular complexity index is 1060. The number of nitrogens with zero attached hydrogens (tertiary/aromatic N) is 1. The van der Waals surface area contributed by atoms with Crippen LogP contribution in [0.2, 0.25) is 0 Å². The number of rotatable bonds is 8. The molecule has 1 aromatic carbocycles. The van der Waals surface area contributed by atoms with E-state index in [0.717, 1.165) is 12.3 Å². The number of likely N-dealkylation sites (tertiary alicyclic amines) is 1. The molecule has 0 spiro atoms. The average molecular weight is 508 g/mol. The second-order valence-electron chi connectivity index (χ2n) is 9.00. The van der Waals surface area contributed by atoms with Gasteiger partial charge in [-0.1, -0.05) is 19.9 Å². The van der Waals surface area contributed by atoms with Crippen LogP contribution in [0.15, 0.2) is 18.2 Å². The highest BCUT2D eigenvalue weighted by Crippen LogP contribution is 2.29. The molecule has 0 unspecified atom stereocenters. The summed E-state index contributed by atoms with van der Waals surface area (Å²) >= 11 is 0. The number of alkyl halides is 3. The van der Waals surface area contributed by atoms with Gasteiger partial charge in [0.25, 0.3) is 0 Å². The van der Waals surface area contributed by atoms with Crippen molar-refractivity contribution in [3.63, 3.8) is 0 Å². The third-order valence-electron chi connectivity index (χ3n) is 5.31. The van der Waals surface area contributed by atoms with Gasteiger partial charge in [0, 0.05) is 37.0 Å². The lowest BCUT2D eigenvalue weighted by atomic mass is 9.90. The SMILES string of the molecule is CC(C)(CS(C)(=O)=O)C(=O)N1CCC[C@@H](C(=O)NCc2ccc(C(N)=O)cc2OC(F)(F)F)C1. The van der Waals surface area contributed by atoms with Gasteiger partial charge >= 0.3 is 6.36 Å². The number of hydrogen-bond acceptors (Lipinski definition) is 6. The maximum Gasteiger partial charge on any atom is 0.573 e. The molecule has 0 aliphatic carbocycles. The van der Waals surface area contributed by atoms with Crippen LogP contribution in [0, 0.1) is 11.3 Å². The number of piperidine rings is 1. The molecular formula is C21H28F3N3O6S. The molecule has 3 N–H and O–H groups in total. The summed E-state index contributed by atoms with van der Waals surface area (Å²) in [5.74, 6) is -3.42. The molecular weight excluding hydrogens is 479 g/mol. The molecule has 1 heterocycles. The van der Waals surface area contributed by atoms with Crippen molar-refractivity contribution in [1.82, 2.24) is 10.2 Å². The predicted molar refractivity (Wildman–Crippen MR) is 116 cm³/mol. The van der Waals surface area contributed by atoms with Crippen molar-refractivity contribution in [2.75, 3.05) is 25.1 Å². The van der Waals surface area contributed by atoms with Gasteiger partial charge in [-0.15, -0.1) is 13.2 Å². The lowest BCUT2D eigenvalue weighted by Gasteiger charge is -2.37. The van der Waals surface area contributed by atoms with Crippen LogP contribution in [-0.2, 0) is 26.0 Å². The van der Waals surface area contributed by atoms with Crippen molar-refractivity contribution < 1.29 is 40.7 Å². The molecule has 1 aromatic rings. The number of halogens is 3. The molecule has 1 atom stereocenters. The van der Waals surface area contributed by atoms with Crippen molar-refractivity contribution in [2.45, 2.75) is 39.6 Å². The number of primary amides is 1. The summed E-state index contributed by atoms with van der Waals surface area (Å²) in [4.78, 5) is 38.3. The fourth-order valence-corrected chi connectivity index (χ4v) is 5.36. The molecule has 2 rings (SSSR count). The Kier molecular flexibility index (Phi) is 8.22. The third-order valence-corrected chi connectivity index (χ3v) is 6.56. The Morgan fingerprint density at radius 1 is 1.24 bits per heavy atom. The Morgan fingerprint density at radius 3 is 2.44 bits per heavy atom. The molecule has 0 aromatic heterocycles. The molecule has 190 valence electrons. The van der Waals surface area contributed by atoms with E-state index in [0.29, 0.717) is 19.4 Å². The molecule has 34 heavy (non-hydrogen) atoms. The van der Waals surface area contributed by atoms with Gasteiger partial charge in [-0.2, -0.15) is 0 Å². The molecule has 1 aliphatic rings. The number of carbonyl (C=O) groups is 3. The summed E-state index contributed by atoms with van der Waals surface area (Å²) in [7, 11) is -3.41. The van der Waals surface area contributed by atoms with E-state index in [-0.39, 0.29) is 30.0 Å². The Hall–Kier alpha value is -2.83. The van der Waals surface area contributed by atoms with Crippen molar-refractivity contribution >= 4 is 27.6 Å². The van der Waals surface area contributed by atoms with Crippen LogP contribution in [0.25, 0.3) is 0 Å². The van der Waals surface area contributed by atoms with Crippen LogP contribution in [0.3, 0.4) is 0 Å². The number of carbonyl (C=O) groups excluding carboxylic acids is 3. The van der Waals surface area contributed by atoms with Gasteiger partial charge in [0.05, 0.1) is 17.1 Å². The van der Waals surface area contributed by atoms with Crippen LogP contribution in [0.5, 0.6) is 5.75 Å². The summed E-state index contributed by atoms with van der Waals surface area (Å²) in [5.41, 5.74) is 3.73. The summed E-state index contributed by atoms with van der Waals surface area (Å²) in [6, 6.07) is 3.27. The number of amides is 3. The zero-order valence-corrected chi connectivity index (χ0v) is 19.9. The van der Waals surface area contributed by atoms with Crippen molar-refractivity contribution in [3.05, 3.63) is 29.3 Å². The maximum absolute atomic E-state index is 12.9. The number of sulfone groups is 1. The van der Waals surface area contributed by atoms with Crippen molar-refractivity contribution in [3.8, 4) is 5.75 Å². The molecule has 1 saturated heterocycles. The Morgan fingerprint density at radius 2 is 1.88 bits per heavy atom. The van der Waals surface area contributed by atoms with Gasteiger partial charge in [0.15, 0.2) is 0 Å². The average Bonchev–Trinajstić information content (AvgIpc) is 2.69. The van der Waals surface area contributed by atoms with Gasteiger partial charge in [0.1, 0.15) is 15.6 Å². The van der Waals surface area contributed by atoms with Gasteiger partial charge < -0.3 is 20.7 Å². The number of hydrogen-bond donors (Lipinski definition) is 2. The standard InChI is InChI=1S/C21H28F3N3O6S/c1-20(2,12-34(3,31)32)19(30)27-8-4-5-15(11-27)18(29)26-10-14-7-6-13(17(25)28)9-16(14)33-21(22,23)24/h6-7,9,15H,4-5,8,10-12H2,1-3H3,(H2,25,28)(H,26,29)/t15-/m1/s1. The van der Waals surface area contributed by atoms with Gasteiger partial charge in [-0.05, 0) is 25.0 Å². The van der Waals surface area contributed by atoms with Gasteiger partial charge in [-0.25, -0.2) is 8.42 Å². The minimum atomic E-state index is -5.02. The van der Waals surface area contributed by atoms with E-state index in [2.05, 4.69) is 10.1 Å². The molecule has 13 heteroatoms. The molecule has 1 aliphatic heterocycles. The van der Waals surface area contributed by atoms with E-state index >= 15 is 0 Å². The number of benzene rings is 1.